The summed E-state index contributed by atoms with van der Waals surface area (Å²) in [7, 11) is 2.12. The molecule has 4 nitrogen and oxygen atoms in total. The molecule has 0 radical (unpaired) electrons. The summed E-state index contributed by atoms with van der Waals surface area (Å²) >= 11 is 1.65. The zero-order chi connectivity index (χ0) is 14.7. The first-order valence-corrected chi connectivity index (χ1v) is 7.81. The number of aromatic nitrogens is 3. The largest absolute Gasteiger partial charge is 0.296 e. The predicted octanol–water partition coefficient (Wildman–Crippen LogP) is 3.52. The lowest BCUT2D eigenvalue weighted by Gasteiger charge is -2.24. The number of nitrogens with zero attached hydrogens (tertiary/aromatic N) is 4. The minimum atomic E-state index is 0.269. The van der Waals surface area contributed by atoms with E-state index in [9.17, 15) is 0 Å². The Kier molecular flexibility index (Phi) is 4.13. The summed E-state index contributed by atoms with van der Waals surface area (Å²) in [4.78, 5) is 11.1. The highest BCUT2D eigenvalue weighted by Gasteiger charge is 2.15. The molecule has 3 rings (SSSR count). The highest BCUT2D eigenvalue weighted by atomic mass is 32.1. The van der Waals surface area contributed by atoms with Crippen LogP contribution in [0, 0.1) is 0 Å². The van der Waals surface area contributed by atoms with Crippen molar-refractivity contribution in [1.29, 1.82) is 0 Å². The number of rotatable bonds is 5. The van der Waals surface area contributed by atoms with Gasteiger partial charge in [-0.15, -0.1) is 11.3 Å². The van der Waals surface area contributed by atoms with Gasteiger partial charge in [-0.25, -0.2) is 4.98 Å². The summed E-state index contributed by atoms with van der Waals surface area (Å²) in [6, 6.07) is 10.5. The topological polar surface area (TPSA) is 34.0 Å². The molecule has 21 heavy (non-hydrogen) atoms. The van der Waals surface area contributed by atoms with E-state index >= 15 is 0 Å². The molecule has 0 spiro atoms. The third-order valence-electron chi connectivity index (χ3n) is 3.65. The van der Waals surface area contributed by atoms with Gasteiger partial charge >= 0.3 is 0 Å². The number of thiazole rings is 1. The molecule has 0 amide bonds. The molecule has 0 saturated carbocycles. The van der Waals surface area contributed by atoms with Crippen molar-refractivity contribution in [3.8, 4) is 5.13 Å². The van der Waals surface area contributed by atoms with Gasteiger partial charge in [-0.3, -0.25) is 14.5 Å². The predicted molar refractivity (Wildman–Crippen MR) is 85.6 cm³/mol. The van der Waals surface area contributed by atoms with E-state index < -0.39 is 0 Å². The average Bonchev–Trinajstić information content (AvgIpc) is 3.18. The molecule has 0 aliphatic carbocycles. The van der Waals surface area contributed by atoms with E-state index in [0.717, 1.165) is 17.4 Å². The molecule has 0 aliphatic heterocycles. The van der Waals surface area contributed by atoms with Crippen LogP contribution in [0.15, 0.2) is 54.3 Å². The van der Waals surface area contributed by atoms with Crippen molar-refractivity contribution >= 4 is 11.3 Å². The minimum Gasteiger partial charge on any atom is -0.296 e. The van der Waals surface area contributed by atoms with Crippen LogP contribution in [0.25, 0.3) is 5.13 Å². The van der Waals surface area contributed by atoms with Crippen molar-refractivity contribution in [3.05, 3.63) is 65.7 Å². The fourth-order valence-corrected chi connectivity index (χ4v) is 2.96. The highest BCUT2D eigenvalue weighted by molar-refractivity contribution is 7.12. The smallest absolute Gasteiger partial charge is 0.193 e. The second-order valence-corrected chi connectivity index (χ2v) is 5.90. The lowest BCUT2D eigenvalue weighted by molar-refractivity contribution is 0.244. The van der Waals surface area contributed by atoms with Crippen molar-refractivity contribution in [3.63, 3.8) is 0 Å². The van der Waals surface area contributed by atoms with Crippen molar-refractivity contribution in [1.82, 2.24) is 19.4 Å². The Hall–Kier alpha value is -1.98. The maximum atomic E-state index is 4.44. The first-order valence-electron chi connectivity index (χ1n) is 6.93. The summed E-state index contributed by atoms with van der Waals surface area (Å²) in [5.74, 6) is 0. The van der Waals surface area contributed by atoms with Crippen LogP contribution in [0.2, 0.25) is 0 Å². The Labute approximate surface area is 128 Å². The lowest BCUT2D eigenvalue weighted by Crippen LogP contribution is -2.23. The van der Waals surface area contributed by atoms with Gasteiger partial charge < -0.3 is 0 Å². The molecule has 0 aromatic carbocycles. The molecule has 1 unspecified atom stereocenters. The van der Waals surface area contributed by atoms with Gasteiger partial charge in [0.1, 0.15) is 0 Å². The van der Waals surface area contributed by atoms with Gasteiger partial charge in [-0.05, 0) is 38.2 Å². The van der Waals surface area contributed by atoms with E-state index in [4.69, 9.17) is 0 Å². The van der Waals surface area contributed by atoms with Gasteiger partial charge in [-0.1, -0.05) is 6.07 Å². The third-order valence-corrected chi connectivity index (χ3v) is 4.42. The van der Waals surface area contributed by atoms with Gasteiger partial charge in [0.05, 0.1) is 5.69 Å². The van der Waals surface area contributed by atoms with E-state index in [-0.39, 0.29) is 6.04 Å². The summed E-state index contributed by atoms with van der Waals surface area (Å²) in [5, 5.41) is 3.01. The highest BCUT2D eigenvalue weighted by Crippen LogP contribution is 2.21. The van der Waals surface area contributed by atoms with Crippen LogP contribution in [-0.4, -0.2) is 26.5 Å². The number of hydrogen-bond donors (Lipinski definition) is 0. The Morgan fingerprint density at radius 3 is 2.81 bits per heavy atom. The van der Waals surface area contributed by atoms with Crippen molar-refractivity contribution in [2.45, 2.75) is 19.5 Å². The van der Waals surface area contributed by atoms with Crippen molar-refractivity contribution in [2.75, 3.05) is 7.05 Å². The second kappa shape index (κ2) is 6.20. The Bertz CT molecular complexity index is 675. The van der Waals surface area contributed by atoms with Crippen LogP contribution in [-0.2, 0) is 6.54 Å². The first kappa shape index (κ1) is 14.0. The second-order valence-electron chi connectivity index (χ2n) is 5.03. The van der Waals surface area contributed by atoms with Crippen LogP contribution in [0.4, 0.5) is 0 Å². The molecule has 3 aromatic heterocycles. The summed E-state index contributed by atoms with van der Waals surface area (Å²) in [5.41, 5.74) is 2.32. The van der Waals surface area contributed by atoms with Crippen molar-refractivity contribution < 1.29 is 0 Å². The van der Waals surface area contributed by atoms with Crippen LogP contribution in [0.3, 0.4) is 0 Å². The summed E-state index contributed by atoms with van der Waals surface area (Å²) in [6.07, 6.45) is 5.75. The maximum Gasteiger partial charge on any atom is 0.193 e. The van der Waals surface area contributed by atoms with E-state index in [2.05, 4.69) is 57.8 Å². The lowest BCUT2D eigenvalue weighted by atomic mass is 10.2. The van der Waals surface area contributed by atoms with E-state index in [1.54, 1.807) is 11.3 Å². The first-order chi connectivity index (χ1) is 10.3. The quantitative estimate of drug-likeness (QED) is 0.722. The molecule has 0 bridgehead atoms. The third kappa shape index (κ3) is 3.04. The Morgan fingerprint density at radius 2 is 2.10 bits per heavy atom. The molecule has 108 valence electrons. The van der Waals surface area contributed by atoms with Crippen LogP contribution >= 0.6 is 11.3 Å². The van der Waals surface area contributed by atoms with Gasteiger partial charge in [0.25, 0.3) is 0 Å². The standard InChI is InChI=1S/C16H18N4S/c1-13(15-7-3-4-8-17-15)19(2)12-14-6-5-10-20(14)16-18-9-11-21-16/h3-11,13H,12H2,1-2H3. The zero-order valence-corrected chi connectivity index (χ0v) is 13.0. The fourth-order valence-electron chi connectivity index (χ4n) is 2.31. The molecular formula is C16H18N4S. The summed E-state index contributed by atoms with van der Waals surface area (Å²) in [6.45, 7) is 3.03. The van der Waals surface area contributed by atoms with Crippen LogP contribution in [0.5, 0.6) is 0 Å². The Morgan fingerprint density at radius 1 is 1.19 bits per heavy atom. The zero-order valence-electron chi connectivity index (χ0n) is 12.2. The molecule has 1 atom stereocenters. The minimum absolute atomic E-state index is 0.269. The molecule has 5 heteroatoms. The van der Waals surface area contributed by atoms with E-state index in [1.807, 2.05) is 29.9 Å². The SMILES string of the molecule is CC(c1ccccn1)N(C)Cc1cccn1-c1nccs1. The Balaban J connectivity index is 1.77. The van der Waals surface area contributed by atoms with E-state index in [1.165, 1.54) is 5.69 Å². The molecule has 0 saturated heterocycles. The summed E-state index contributed by atoms with van der Waals surface area (Å²) < 4.78 is 2.15. The van der Waals surface area contributed by atoms with Gasteiger partial charge in [0.15, 0.2) is 5.13 Å². The van der Waals surface area contributed by atoms with Crippen LogP contribution in [0.1, 0.15) is 24.4 Å². The maximum absolute atomic E-state index is 4.44. The molecule has 0 fully saturated rings. The molecule has 0 aliphatic rings. The van der Waals surface area contributed by atoms with Gasteiger partial charge in [-0.2, -0.15) is 0 Å². The average molecular weight is 298 g/mol. The molecular weight excluding hydrogens is 280 g/mol. The normalized spacial score (nSPS) is 12.7. The van der Waals surface area contributed by atoms with Crippen molar-refractivity contribution in [2.24, 2.45) is 0 Å². The number of hydrogen-bond acceptors (Lipinski definition) is 4. The molecule has 3 heterocycles. The number of pyridine rings is 1. The van der Waals surface area contributed by atoms with Crippen LogP contribution < -0.4 is 0 Å². The van der Waals surface area contributed by atoms with Gasteiger partial charge in [0.2, 0.25) is 0 Å². The molecule has 3 aromatic rings. The molecule has 0 N–H and O–H groups in total. The van der Waals surface area contributed by atoms with Gasteiger partial charge in [0, 0.05) is 42.3 Å². The van der Waals surface area contributed by atoms with E-state index in [0.29, 0.717) is 0 Å². The monoisotopic (exact) mass is 298 g/mol. The fraction of sp³-hybridized carbons (Fsp3) is 0.250.